The molecular formula is C24H15Cl4F2NO2. The highest BCUT2D eigenvalue weighted by atomic mass is 35.5. The molecule has 1 aliphatic rings. The lowest BCUT2D eigenvalue weighted by molar-refractivity contribution is -0.117. The largest absolute Gasteiger partial charge is 0.326 e. The first-order chi connectivity index (χ1) is 15.6. The van der Waals surface area contributed by atoms with Gasteiger partial charge in [0.1, 0.15) is 16.0 Å². The standard InChI is InChI=1S/C24H15Cl4F2NO2/c25-14-8-13(9-15(26)10-14)21-22(24(21,27)28)23(33)31-17-5-6-19(30)18(11-17)20(32)7-12-1-3-16(29)4-2-12/h1-6,8-11,21-22H,7H2,(H,31,33)/t21-,22+/m1/s1. The van der Waals surface area contributed by atoms with Crippen molar-refractivity contribution in [3.05, 3.63) is 99.0 Å². The van der Waals surface area contributed by atoms with Crippen LogP contribution in [0.3, 0.4) is 0 Å². The third-order valence-electron chi connectivity index (χ3n) is 5.39. The second kappa shape index (κ2) is 9.22. The number of Topliss-reactive ketones (excluding diaryl/α,β-unsaturated/α-hetero) is 1. The summed E-state index contributed by atoms with van der Waals surface area (Å²) in [7, 11) is 0. The van der Waals surface area contributed by atoms with E-state index in [1.165, 1.54) is 36.4 Å². The van der Waals surface area contributed by atoms with Crippen LogP contribution in [0, 0.1) is 17.6 Å². The molecule has 0 heterocycles. The minimum atomic E-state index is -1.38. The molecule has 3 aromatic carbocycles. The van der Waals surface area contributed by atoms with Crippen molar-refractivity contribution in [2.45, 2.75) is 16.7 Å². The first-order valence-corrected chi connectivity index (χ1v) is 11.3. The third kappa shape index (κ3) is 5.17. The van der Waals surface area contributed by atoms with Gasteiger partial charge < -0.3 is 5.32 Å². The second-order valence-corrected chi connectivity index (χ2v) is 10.1. The van der Waals surface area contributed by atoms with E-state index in [9.17, 15) is 18.4 Å². The summed E-state index contributed by atoms with van der Waals surface area (Å²) in [6, 6.07) is 13.8. The maximum absolute atomic E-state index is 14.3. The number of alkyl halides is 2. The van der Waals surface area contributed by atoms with Gasteiger partial charge in [-0.05, 0) is 59.7 Å². The SMILES string of the molecule is O=C(Cc1ccc(F)cc1)c1cc(NC(=O)[C@@H]2[C@@H](c3cc(Cl)cc(Cl)c3)C2(Cl)Cl)ccc1F. The molecule has 0 unspecified atom stereocenters. The van der Waals surface area contributed by atoms with Crippen LogP contribution in [0.4, 0.5) is 14.5 Å². The van der Waals surface area contributed by atoms with E-state index in [0.29, 0.717) is 21.2 Å². The number of anilines is 1. The van der Waals surface area contributed by atoms with Crippen LogP contribution in [-0.4, -0.2) is 16.0 Å². The van der Waals surface area contributed by atoms with E-state index in [0.717, 1.165) is 6.07 Å². The van der Waals surface area contributed by atoms with Gasteiger partial charge in [0.15, 0.2) is 5.78 Å². The Bertz CT molecular complexity index is 1230. The highest BCUT2D eigenvalue weighted by Gasteiger charge is 2.67. The molecule has 1 amide bonds. The minimum Gasteiger partial charge on any atom is -0.326 e. The average Bonchev–Trinajstić information content (AvgIpc) is 3.32. The number of carbonyl (C=O) groups excluding carboxylic acids is 2. The van der Waals surface area contributed by atoms with E-state index >= 15 is 0 Å². The Morgan fingerprint density at radius 2 is 1.55 bits per heavy atom. The molecule has 0 bridgehead atoms. The number of rotatable bonds is 6. The molecule has 9 heteroatoms. The monoisotopic (exact) mass is 527 g/mol. The summed E-state index contributed by atoms with van der Waals surface area (Å²) in [6.07, 6.45) is -0.124. The number of halogens is 6. The third-order valence-corrected chi connectivity index (χ3v) is 6.77. The van der Waals surface area contributed by atoms with Crippen LogP contribution in [0.5, 0.6) is 0 Å². The number of benzene rings is 3. The summed E-state index contributed by atoms with van der Waals surface area (Å²) in [4.78, 5) is 25.5. The Balaban J connectivity index is 1.50. The fraction of sp³-hybridized carbons (Fsp3) is 0.167. The van der Waals surface area contributed by atoms with Crippen LogP contribution in [0.25, 0.3) is 0 Å². The molecule has 2 atom stereocenters. The van der Waals surface area contributed by atoms with E-state index in [4.69, 9.17) is 46.4 Å². The zero-order valence-corrected chi connectivity index (χ0v) is 19.7. The van der Waals surface area contributed by atoms with Crippen LogP contribution >= 0.6 is 46.4 Å². The van der Waals surface area contributed by atoms with Crippen LogP contribution in [0.1, 0.15) is 27.4 Å². The topological polar surface area (TPSA) is 46.2 Å². The summed E-state index contributed by atoms with van der Waals surface area (Å²) < 4.78 is 26.0. The maximum Gasteiger partial charge on any atom is 0.231 e. The molecule has 3 aromatic rings. The Morgan fingerprint density at radius 1 is 0.909 bits per heavy atom. The van der Waals surface area contributed by atoms with E-state index in [2.05, 4.69) is 5.32 Å². The molecule has 4 rings (SSSR count). The Labute approximate surface area is 208 Å². The van der Waals surface area contributed by atoms with E-state index < -0.39 is 39.5 Å². The number of hydrogen-bond donors (Lipinski definition) is 1. The number of carbonyl (C=O) groups is 2. The van der Waals surface area contributed by atoms with Crippen molar-refractivity contribution in [2.75, 3.05) is 5.32 Å². The summed E-state index contributed by atoms with van der Waals surface area (Å²) >= 11 is 24.8. The van der Waals surface area contributed by atoms with Crippen molar-refractivity contribution in [3.8, 4) is 0 Å². The summed E-state index contributed by atoms with van der Waals surface area (Å²) in [5.74, 6) is -3.53. The molecule has 0 radical (unpaired) electrons. The van der Waals surface area contributed by atoms with Gasteiger partial charge in [-0.1, -0.05) is 35.3 Å². The van der Waals surface area contributed by atoms with Gasteiger partial charge in [-0.3, -0.25) is 9.59 Å². The summed E-state index contributed by atoms with van der Waals surface area (Å²) in [5, 5.41) is 3.41. The Hall–Kier alpha value is -2.18. The van der Waals surface area contributed by atoms with Crippen LogP contribution in [0.15, 0.2) is 60.7 Å². The summed E-state index contributed by atoms with van der Waals surface area (Å²) in [6.45, 7) is 0. The molecular weight excluding hydrogens is 514 g/mol. The zero-order valence-electron chi connectivity index (χ0n) is 16.7. The van der Waals surface area contributed by atoms with Crippen LogP contribution in [0.2, 0.25) is 10.0 Å². The van der Waals surface area contributed by atoms with Crippen molar-refractivity contribution in [3.63, 3.8) is 0 Å². The van der Waals surface area contributed by atoms with Crippen LogP contribution in [-0.2, 0) is 11.2 Å². The molecule has 0 aromatic heterocycles. The van der Waals surface area contributed by atoms with E-state index in [-0.39, 0.29) is 17.7 Å². The molecule has 1 saturated carbocycles. The molecule has 1 N–H and O–H groups in total. The van der Waals surface area contributed by atoms with Gasteiger partial charge in [0, 0.05) is 28.1 Å². The minimum absolute atomic E-state index is 0.124. The normalized spacial score (nSPS) is 18.6. The van der Waals surface area contributed by atoms with Crippen molar-refractivity contribution < 1.29 is 18.4 Å². The molecule has 0 spiro atoms. The van der Waals surface area contributed by atoms with Crippen molar-refractivity contribution in [1.82, 2.24) is 0 Å². The average molecular weight is 529 g/mol. The van der Waals surface area contributed by atoms with E-state index in [1.807, 2.05) is 0 Å². The van der Waals surface area contributed by atoms with Crippen molar-refractivity contribution >= 4 is 63.8 Å². The van der Waals surface area contributed by atoms with E-state index in [1.54, 1.807) is 18.2 Å². The number of amides is 1. The lowest BCUT2D eigenvalue weighted by Crippen LogP contribution is -2.18. The molecule has 170 valence electrons. The summed E-state index contributed by atoms with van der Waals surface area (Å²) in [5.41, 5.74) is 1.16. The highest BCUT2D eigenvalue weighted by Crippen LogP contribution is 2.65. The second-order valence-electron chi connectivity index (χ2n) is 7.74. The molecule has 33 heavy (non-hydrogen) atoms. The van der Waals surface area contributed by atoms with Gasteiger partial charge >= 0.3 is 0 Å². The number of ketones is 1. The fourth-order valence-corrected chi connectivity index (χ4v) is 5.11. The zero-order chi connectivity index (χ0) is 23.9. The lowest BCUT2D eigenvalue weighted by Gasteiger charge is -2.09. The Morgan fingerprint density at radius 3 is 2.18 bits per heavy atom. The quantitative estimate of drug-likeness (QED) is 0.271. The van der Waals surface area contributed by atoms with Gasteiger partial charge in [-0.2, -0.15) is 0 Å². The molecule has 1 aliphatic carbocycles. The molecule has 0 saturated heterocycles. The van der Waals surface area contributed by atoms with Gasteiger partial charge in [0.25, 0.3) is 0 Å². The number of hydrogen-bond acceptors (Lipinski definition) is 2. The smallest absolute Gasteiger partial charge is 0.231 e. The first-order valence-electron chi connectivity index (χ1n) is 9.78. The van der Waals surface area contributed by atoms with Gasteiger partial charge in [-0.25, -0.2) is 8.78 Å². The predicted molar refractivity (Wildman–Crippen MR) is 127 cm³/mol. The van der Waals surface area contributed by atoms with Gasteiger partial charge in [0.05, 0.1) is 11.5 Å². The maximum atomic E-state index is 14.3. The predicted octanol–water partition coefficient (Wildman–Crippen LogP) is 7.22. The fourth-order valence-electron chi connectivity index (χ4n) is 3.74. The highest BCUT2D eigenvalue weighted by molar-refractivity contribution is 6.53. The van der Waals surface area contributed by atoms with Crippen molar-refractivity contribution in [1.29, 1.82) is 0 Å². The molecule has 3 nitrogen and oxygen atoms in total. The molecule has 0 aliphatic heterocycles. The van der Waals surface area contributed by atoms with Gasteiger partial charge in [-0.15, -0.1) is 23.2 Å². The first kappa shape index (κ1) is 24.0. The van der Waals surface area contributed by atoms with Gasteiger partial charge in [0.2, 0.25) is 5.91 Å². The number of nitrogens with one attached hydrogen (secondary N) is 1. The lowest BCUT2D eigenvalue weighted by atomic mass is 10.0. The Kier molecular flexibility index (Phi) is 6.70. The molecule has 1 fully saturated rings. The van der Waals surface area contributed by atoms with Crippen molar-refractivity contribution in [2.24, 2.45) is 5.92 Å². The van der Waals surface area contributed by atoms with Crippen LogP contribution < -0.4 is 5.32 Å².